The van der Waals surface area contributed by atoms with Gasteiger partial charge in [-0.15, -0.1) is 0 Å². The number of hydrogen-bond acceptors (Lipinski definition) is 12. The Balaban J connectivity index is 0.000000201. The lowest BCUT2D eigenvalue weighted by molar-refractivity contribution is -0.183. The second-order valence-electron chi connectivity index (χ2n) is 11.4. The van der Waals surface area contributed by atoms with Gasteiger partial charge in [-0.05, 0) is 55.4 Å². The summed E-state index contributed by atoms with van der Waals surface area (Å²) in [7, 11) is 0. The van der Waals surface area contributed by atoms with Crippen LogP contribution in [0.5, 0.6) is 0 Å². The van der Waals surface area contributed by atoms with Gasteiger partial charge < -0.3 is 58.3 Å². The number of ether oxygens (including phenoxy) is 8. The van der Waals surface area contributed by atoms with Crippen molar-refractivity contribution in [3.05, 3.63) is 0 Å². The van der Waals surface area contributed by atoms with Crippen LogP contribution in [-0.4, -0.2) is 119 Å². The average molecular weight is 525 g/mol. The Morgan fingerprint density at radius 2 is 0.583 bits per heavy atom. The minimum atomic E-state index is -1.06. The van der Waals surface area contributed by atoms with E-state index in [1.807, 2.05) is 0 Å². The maximum absolute atomic E-state index is 10.1. The van der Waals surface area contributed by atoms with Gasteiger partial charge in [-0.3, -0.25) is 0 Å². The van der Waals surface area contributed by atoms with E-state index in [0.717, 1.165) is 0 Å². The van der Waals surface area contributed by atoms with Crippen LogP contribution in [0.4, 0.5) is 0 Å². The highest BCUT2D eigenvalue weighted by Crippen LogP contribution is 2.31. The highest BCUT2D eigenvalue weighted by molar-refractivity contribution is 4.90. The molecular formula is C24H44O12. The predicted octanol–water partition coefficient (Wildman–Crippen LogP) is 0.0224. The zero-order valence-corrected chi connectivity index (χ0v) is 22.5. The van der Waals surface area contributed by atoms with Crippen molar-refractivity contribution in [2.24, 2.45) is 0 Å². The van der Waals surface area contributed by atoms with E-state index >= 15 is 0 Å². The van der Waals surface area contributed by atoms with Crippen LogP contribution < -0.4 is 0 Å². The van der Waals surface area contributed by atoms with Crippen molar-refractivity contribution in [1.82, 2.24) is 0 Å². The highest BCUT2D eigenvalue weighted by atomic mass is 16.8. The first-order valence-corrected chi connectivity index (χ1v) is 12.4. The topological polar surface area (TPSA) is 155 Å². The lowest BCUT2D eigenvalue weighted by Gasteiger charge is -2.27. The number of aliphatic hydroxyl groups is 4. The Labute approximate surface area is 212 Å². The van der Waals surface area contributed by atoms with Crippen LogP contribution in [0.3, 0.4) is 0 Å². The molecule has 0 unspecified atom stereocenters. The van der Waals surface area contributed by atoms with E-state index in [9.17, 15) is 20.4 Å². The fraction of sp³-hybridized carbons (Fsp3) is 1.00. The van der Waals surface area contributed by atoms with Gasteiger partial charge in [0.2, 0.25) is 0 Å². The lowest BCUT2D eigenvalue weighted by Crippen LogP contribution is -2.47. The van der Waals surface area contributed by atoms with Gasteiger partial charge in [0.15, 0.2) is 23.1 Å². The van der Waals surface area contributed by atoms with Gasteiger partial charge in [0.1, 0.15) is 48.8 Å². The zero-order chi connectivity index (χ0) is 27.1. The van der Waals surface area contributed by atoms with Crippen LogP contribution in [-0.2, 0) is 37.9 Å². The average Bonchev–Trinajstić information content (AvgIpc) is 3.52. The van der Waals surface area contributed by atoms with Gasteiger partial charge in [-0.25, -0.2) is 0 Å². The van der Waals surface area contributed by atoms with Crippen molar-refractivity contribution < 1.29 is 58.3 Å². The van der Waals surface area contributed by atoms with E-state index < -0.39 is 72.0 Å². The van der Waals surface area contributed by atoms with Crippen LogP contribution in [0, 0.1) is 0 Å². The summed E-state index contributed by atoms with van der Waals surface area (Å²) < 4.78 is 43.5. The summed E-state index contributed by atoms with van der Waals surface area (Å²) in [5.74, 6) is -2.90. The molecule has 0 aromatic rings. The molecule has 0 amide bonds. The molecule has 4 heterocycles. The van der Waals surface area contributed by atoms with Crippen molar-refractivity contribution in [2.75, 3.05) is 26.4 Å². The predicted molar refractivity (Wildman–Crippen MR) is 124 cm³/mol. The molecule has 4 saturated heterocycles. The molecule has 0 radical (unpaired) electrons. The summed E-state index contributed by atoms with van der Waals surface area (Å²) in [6.45, 7) is 15.2. The fourth-order valence-corrected chi connectivity index (χ4v) is 4.41. The monoisotopic (exact) mass is 524 g/mol. The van der Waals surface area contributed by atoms with E-state index in [0.29, 0.717) is 0 Å². The van der Waals surface area contributed by atoms with Crippen molar-refractivity contribution in [3.8, 4) is 0 Å². The van der Waals surface area contributed by atoms with Gasteiger partial charge in [0, 0.05) is 0 Å². The van der Waals surface area contributed by atoms with Crippen LogP contribution in [0.25, 0.3) is 0 Å². The molecule has 0 spiro atoms. The third-order valence-corrected chi connectivity index (χ3v) is 6.35. The molecule has 4 rings (SSSR count). The number of hydrogen-bond donors (Lipinski definition) is 4. The molecule has 4 fully saturated rings. The van der Waals surface area contributed by atoms with Crippen LogP contribution in [0.1, 0.15) is 55.4 Å². The maximum Gasteiger partial charge on any atom is 0.163 e. The summed E-state index contributed by atoms with van der Waals surface area (Å²) in [6.07, 6.45) is -6.46. The van der Waals surface area contributed by atoms with Crippen LogP contribution >= 0.6 is 0 Å². The standard InChI is InChI=1S/2C12H22O6/c2*1-11(2)15-5-7(17-11)9(13)10(14)8-6-16-12(3,4)18-8/h2*7-10,13-14H,5-6H2,1-4H3/t2*7-,8-,9-,10-/m00/s1. The summed E-state index contributed by atoms with van der Waals surface area (Å²) in [5, 5.41) is 40.4. The third-order valence-electron chi connectivity index (χ3n) is 6.35. The maximum atomic E-state index is 10.1. The Hall–Kier alpha value is -0.480. The quantitative estimate of drug-likeness (QED) is 0.370. The van der Waals surface area contributed by atoms with Crippen molar-refractivity contribution in [3.63, 3.8) is 0 Å². The Bertz CT molecular complexity index is 606. The molecule has 4 N–H and O–H groups in total. The minimum absolute atomic E-state index is 0.252. The molecule has 36 heavy (non-hydrogen) atoms. The molecule has 4 aliphatic heterocycles. The normalized spacial score (nSPS) is 37.7. The van der Waals surface area contributed by atoms with Crippen LogP contribution in [0.2, 0.25) is 0 Å². The number of aliphatic hydroxyl groups excluding tert-OH is 4. The van der Waals surface area contributed by atoms with Gasteiger partial charge in [0.05, 0.1) is 26.4 Å². The van der Waals surface area contributed by atoms with Gasteiger partial charge in [0.25, 0.3) is 0 Å². The smallest absolute Gasteiger partial charge is 0.163 e. The fourth-order valence-electron chi connectivity index (χ4n) is 4.41. The highest BCUT2D eigenvalue weighted by Gasteiger charge is 2.46. The van der Waals surface area contributed by atoms with Crippen LogP contribution in [0.15, 0.2) is 0 Å². The van der Waals surface area contributed by atoms with E-state index in [-0.39, 0.29) is 26.4 Å². The van der Waals surface area contributed by atoms with Crippen molar-refractivity contribution in [2.45, 2.75) is 127 Å². The molecule has 4 aliphatic rings. The Morgan fingerprint density at radius 1 is 0.417 bits per heavy atom. The van der Waals surface area contributed by atoms with Gasteiger partial charge in [-0.1, -0.05) is 0 Å². The first-order valence-electron chi connectivity index (χ1n) is 12.4. The number of rotatable bonds is 6. The first kappa shape index (κ1) is 30.1. The molecular weight excluding hydrogens is 480 g/mol. The molecule has 8 atom stereocenters. The summed E-state index contributed by atoms with van der Waals surface area (Å²) in [5.41, 5.74) is 0. The second kappa shape index (κ2) is 10.9. The summed E-state index contributed by atoms with van der Waals surface area (Å²) in [6, 6.07) is 0. The lowest BCUT2D eigenvalue weighted by atomic mass is 10.0. The SMILES string of the molecule is CC1(C)OC[C@@H]([C@H](O)[C@@H](O)[C@@H]2COC(C)(C)O2)O1.CC1(C)OC[C@@H]([C@H](O)[C@@H](O)[C@@H]2COC(C)(C)O2)O1. The van der Waals surface area contributed by atoms with Gasteiger partial charge >= 0.3 is 0 Å². The molecule has 0 saturated carbocycles. The largest absolute Gasteiger partial charge is 0.387 e. The van der Waals surface area contributed by atoms with E-state index in [4.69, 9.17) is 37.9 Å². The molecule has 12 heteroatoms. The Morgan fingerprint density at radius 3 is 0.694 bits per heavy atom. The van der Waals surface area contributed by atoms with E-state index in [1.165, 1.54) is 0 Å². The third kappa shape index (κ3) is 7.78. The molecule has 0 bridgehead atoms. The van der Waals surface area contributed by atoms with E-state index in [1.54, 1.807) is 55.4 Å². The summed E-state index contributed by atoms with van der Waals surface area (Å²) in [4.78, 5) is 0. The summed E-state index contributed by atoms with van der Waals surface area (Å²) >= 11 is 0. The first-order chi connectivity index (χ1) is 16.4. The molecule has 0 aromatic heterocycles. The molecule has 212 valence electrons. The molecule has 0 aliphatic carbocycles. The van der Waals surface area contributed by atoms with Crippen molar-refractivity contribution >= 4 is 0 Å². The van der Waals surface area contributed by atoms with Crippen molar-refractivity contribution in [1.29, 1.82) is 0 Å². The van der Waals surface area contributed by atoms with Gasteiger partial charge in [-0.2, -0.15) is 0 Å². The molecule has 0 aromatic carbocycles. The minimum Gasteiger partial charge on any atom is -0.387 e. The molecule has 12 nitrogen and oxygen atoms in total. The Kier molecular flexibility index (Phi) is 9.14. The van der Waals surface area contributed by atoms with E-state index in [2.05, 4.69) is 0 Å². The zero-order valence-electron chi connectivity index (χ0n) is 22.5. The second-order valence-corrected chi connectivity index (χ2v) is 11.4.